The number of sulfonamides is 1. The van der Waals surface area contributed by atoms with Crippen molar-refractivity contribution in [1.82, 2.24) is 4.31 Å². The maximum atomic E-state index is 11.6. The van der Waals surface area contributed by atoms with Gasteiger partial charge < -0.3 is 0 Å². The molecule has 1 saturated heterocycles. The maximum absolute atomic E-state index is 11.6. The molecule has 3 nitrogen and oxygen atoms in total. The molecule has 1 unspecified atom stereocenters. The fourth-order valence-corrected chi connectivity index (χ4v) is 3.02. The van der Waals surface area contributed by atoms with Gasteiger partial charge in [0.25, 0.3) is 0 Å². The number of nitrogens with zero attached hydrogens (tertiary/aromatic N) is 1. The summed E-state index contributed by atoms with van der Waals surface area (Å²) in [5.74, 6) is 0.316. The largest absolute Gasteiger partial charge is 0.235 e. The monoisotopic (exact) mass is 237 g/mol. The first kappa shape index (κ1) is 11.4. The van der Waals surface area contributed by atoms with Crippen LogP contribution in [0, 0.1) is 0 Å². The van der Waals surface area contributed by atoms with E-state index < -0.39 is 10.0 Å². The summed E-state index contributed by atoms with van der Waals surface area (Å²) in [6, 6.07) is 10.0. The zero-order chi connectivity index (χ0) is 11.6. The van der Waals surface area contributed by atoms with E-state index in [2.05, 4.69) is 18.7 Å². The smallest absolute Gasteiger partial charge is 0.208 e. The molecule has 0 aliphatic carbocycles. The Balaban J connectivity index is 2.13. The van der Waals surface area contributed by atoms with Crippen molar-refractivity contribution in [3.8, 4) is 0 Å². The molecule has 2 rings (SSSR count). The molecule has 1 aliphatic heterocycles. The van der Waals surface area contributed by atoms with Gasteiger partial charge in [-0.25, -0.2) is 8.42 Å². The van der Waals surface area contributed by atoms with Crippen LogP contribution < -0.4 is 0 Å². The minimum Gasteiger partial charge on any atom is -0.208 e. The highest BCUT2D eigenvalue weighted by Crippen LogP contribution is 2.28. The van der Waals surface area contributed by atoms with Crippen LogP contribution in [0.25, 0.3) is 0 Å². The first-order valence-electron chi connectivity index (χ1n) is 5.31. The van der Waals surface area contributed by atoms with E-state index in [0.717, 1.165) is 11.8 Å². The molecule has 16 heavy (non-hydrogen) atoms. The van der Waals surface area contributed by atoms with Gasteiger partial charge in [-0.1, -0.05) is 36.9 Å². The molecule has 1 fully saturated rings. The second-order valence-corrected chi connectivity index (χ2v) is 5.85. The summed E-state index contributed by atoms with van der Waals surface area (Å²) in [5.41, 5.74) is 1.21. The van der Waals surface area contributed by atoms with E-state index in [4.69, 9.17) is 0 Å². The van der Waals surface area contributed by atoms with Crippen molar-refractivity contribution in [2.24, 2.45) is 0 Å². The molecule has 1 aliphatic rings. The second-order valence-electron chi connectivity index (χ2n) is 3.97. The Morgan fingerprint density at radius 3 is 2.62 bits per heavy atom. The van der Waals surface area contributed by atoms with Gasteiger partial charge in [0, 0.05) is 18.5 Å². The van der Waals surface area contributed by atoms with Gasteiger partial charge in [-0.15, -0.1) is 0 Å². The number of hydrogen-bond donors (Lipinski definition) is 0. The van der Waals surface area contributed by atoms with Gasteiger partial charge in [0.15, 0.2) is 0 Å². The van der Waals surface area contributed by atoms with Crippen molar-refractivity contribution in [2.45, 2.75) is 12.3 Å². The highest BCUT2D eigenvalue weighted by Gasteiger charge is 2.30. The first-order valence-corrected chi connectivity index (χ1v) is 6.81. The molecule has 86 valence electrons. The molecule has 0 aromatic heterocycles. The summed E-state index contributed by atoms with van der Waals surface area (Å²) in [7, 11) is -3.24. The number of rotatable bonds is 3. The zero-order valence-electron chi connectivity index (χ0n) is 9.04. The predicted octanol–water partition coefficient (Wildman–Crippen LogP) is 1.95. The Kier molecular flexibility index (Phi) is 3.12. The molecule has 0 spiro atoms. The lowest BCUT2D eigenvalue weighted by atomic mass is 9.99. The standard InChI is InChI=1S/C12H15NO2S/c1-2-16(14,15)13-9-8-12(10-13)11-6-4-3-5-7-11/h2-7,12H,1,8-10H2. The van der Waals surface area contributed by atoms with Crippen LogP contribution >= 0.6 is 0 Å². The minimum atomic E-state index is -3.24. The molecule has 0 saturated carbocycles. The quantitative estimate of drug-likeness (QED) is 0.805. The van der Waals surface area contributed by atoms with Crippen LogP contribution in [0.15, 0.2) is 42.3 Å². The molecule has 4 heteroatoms. The molecule has 0 radical (unpaired) electrons. The van der Waals surface area contributed by atoms with Crippen LogP contribution in [0.4, 0.5) is 0 Å². The van der Waals surface area contributed by atoms with Crippen molar-refractivity contribution in [2.75, 3.05) is 13.1 Å². The van der Waals surface area contributed by atoms with Crippen LogP contribution in [-0.2, 0) is 10.0 Å². The Morgan fingerprint density at radius 1 is 1.31 bits per heavy atom. The highest BCUT2D eigenvalue weighted by molar-refractivity contribution is 7.92. The Morgan fingerprint density at radius 2 is 2.00 bits per heavy atom. The summed E-state index contributed by atoms with van der Waals surface area (Å²) in [6.45, 7) is 4.50. The van der Waals surface area contributed by atoms with Gasteiger partial charge in [-0.2, -0.15) is 4.31 Å². The van der Waals surface area contributed by atoms with E-state index in [-0.39, 0.29) is 0 Å². The van der Waals surface area contributed by atoms with Gasteiger partial charge in [0.2, 0.25) is 10.0 Å². The summed E-state index contributed by atoms with van der Waals surface area (Å²) in [6.07, 6.45) is 0.886. The lowest BCUT2D eigenvalue weighted by Gasteiger charge is -2.13. The van der Waals surface area contributed by atoms with Crippen LogP contribution in [0.5, 0.6) is 0 Å². The van der Waals surface area contributed by atoms with Crippen molar-refractivity contribution in [3.05, 3.63) is 47.9 Å². The van der Waals surface area contributed by atoms with Crippen LogP contribution in [-0.4, -0.2) is 25.8 Å². The Labute approximate surface area is 96.4 Å². The fourth-order valence-electron chi connectivity index (χ4n) is 2.06. The van der Waals surface area contributed by atoms with E-state index in [9.17, 15) is 8.42 Å². The third-order valence-corrected chi connectivity index (χ3v) is 4.47. The average Bonchev–Trinajstić information content (AvgIpc) is 2.80. The van der Waals surface area contributed by atoms with Crippen LogP contribution in [0.2, 0.25) is 0 Å². The first-order chi connectivity index (χ1) is 7.63. The van der Waals surface area contributed by atoms with E-state index in [1.54, 1.807) is 0 Å². The van der Waals surface area contributed by atoms with E-state index in [1.165, 1.54) is 9.87 Å². The average molecular weight is 237 g/mol. The fraction of sp³-hybridized carbons (Fsp3) is 0.333. The van der Waals surface area contributed by atoms with Crippen molar-refractivity contribution in [1.29, 1.82) is 0 Å². The summed E-state index contributed by atoms with van der Waals surface area (Å²) in [4.78, 5) is 0. The number of benzene rings is 1. The predicted molar refractivity (Wildman–Crippen MR) is 64.5 cm³/mol. The molecule has 0 amide bonds. The van der Waals surface area contributed by atoms with Gasteiger partial charge in [0.05, 0.1) is 0 Å². The van der Waals surface area contributed by atoms with Gasteiger partial charge in [-0.05, 0) is 17.9 Å². The molecular formula is C12H15NO2S. The van der Waals surface area contributed by atoms with Gasteiger partial charge in [0.1, 0.15) is 0 Å². The molecule has 1 aromatic rings. The van der Waals surface area contributed by atoms with Crippen molar-refractivity contribution >= 4 is 10.0 Å². The molecule has 1 heterocycles. The van der Waals surface area contributed by atoms with E-state index in [0.29, 0.717) is 19.0 Å². The Bertz CT molecular complexity index is 467. The van der Waals surface area contributed by atoms with Crippen LogP contribution in [0.3, 0.4) is 0 Å². The summed E-state index contributed by atoms with van der Waals surface area (Å²) >= 11 is 0. The highest BCUT2D eigenvalue weighted by atomic mass is 32.2. The van der Waals surface area contributed by atoms with Crippen molar-refractivity contribution < 1.29 is 8.42 Å². The Hall–Kier alpha value is -1.13. The normalized spacial score (nSPS) is 22.1. The lowest BCUT2D eigenvalue weighted by Crippen LogP contribution is -2.26. The summed E-state index contributed by atoms with van der Waals surface area (Å²) in [5, 5.41) is 1.03. The molecule has 0 bridgehead atoms. The minimum absolute atomic E-state index is 0.316. The molecule has 0 N–H and O–H groups in total. The topological polar surface area (TPSA) is 37.4 Å². The van der Waals surface area contributed by atoms with Crippen molar-refractivity contribution in [3.63, 3.8) is 0 Å². The molecular weight excluding hydrogens is 222 g/mol. The third kappa shape index (κ3) is 2.18. The second kappa shape index (κ2) is 4.39. The van der Waals surface area contributed by atoms with Gasteiger partial charge in [-0.3, -0.25) is 0 Å². The van der Waals surface area contributed by atoms with E-state index >= 15 is 0 Å². The molecule has 1 atom stereocenters. The SMILES string of the molecule is C=CS(=O)(=O)N1CCC(c2ccccc2)C1. The molecule has 1 aromatic carbocycles. The summed E-state index contributed by atoms with van der Waals surface area (Å²) < 4.78 is 24.7. The maximum Gasteiger partial charge on any atom is 0.235 e. The number of hydrogen-bond acceptors (Lipinski definition) is 2. The third-order valence-electron chi connectivity index (χ3n) is 2.99. The zero-order valence-corrected chi connectivity index (χ0v) is 9.86. The van der Waals surface area contributed by atoms with E-state index in [1.807, 2.05) is 18.2 Å². The van der Waals surface area contributed by atoms with Crippen LogP contribution in [0.1, 0.15) is 17.9 Å². The van der Waals surface area contributed by atoms with Gasteiger partial charge >= 0.3 is 0 Å². The lowest BCUT2D eigenvalue weighted by molar-refractivity contribution is 0.481.